The lowest BCUT2D eigenvalue weighted by atomic mass is 10.4. The second-order valence-electron chi connectivity index (χ2n) is 3.22. The molecule has 0 radical (unpaired) electrons. The highest BCUT2D eigenvalue weighted by molar-refractivity contribution is 7.99. The van der Waals surface area contributed by atoms with Gasteiger partial charge in [0.2, 0.25) is 5.91 Å². The highest BCUT2D eigenvalue weighted by Gasteiger charge is 1.96. The Balaban J connectivity index is 2.05. The molecule has 1 aromatic rings. The molecular weight excluding hydrogens is 206 g/mol. The molecule has 1 aromatic carbocycles. The number of hydrogen-bond donors (Lipinski definition) is 1. The van der Waals surface area contributed by atoms with E-state index in [1.54, 1.807) is 0 Å². The van der Waals surface area contributed by atoms with Crippen molar-refractivity contribution in [3.05, 3.63) is 30.3 Å². The third-order valence-corrected chi connectivity index (χ3v) is 3.07. The average Bonchev–Trinajstić information content (AvgIpc) is 2.29. The van der Waals surface area contributed by atoms with Gasteiger partial charge in [0.25, 0.3) is 0 Å². The quantitative estimate of drug-likeness (QED) is 0.593. The van der Waals surface area contributed by atoms with Gasteiger partial charge in [-0.05, 0) is 24.3 Å². The van der Waals surface area contributed by atoms with Gasteiger partial charge in [-0.2, -0.15) is 0 Å². The average molecular weight is 223 g/mol. The normalized spacial score (nSPS) is 9.93. The zero-order chi connectivity index (χ0) is 10.9. The molecule has 0 aliphatic carbocycles. The number of amides is 1. The summed E-state index contributed by atoms with van der Waals surface area (Å²) in [6.45, 7) is 2.65. The highest BCUT2D eigenvalue weighted by atomic mass is 32.2. The molecule has 3 heteroatoms. The van der Waals surface area contributed by atoms with Crippen LogP contribution in [0.25, 0.3) is 0 Å². The van der Waals surface area contributed by atoms with Gasteiger partial charge in [0, 0.05) is 17.9 Å². The summed E-state index contributed by atoms with van der Waals surface area (Å²) in [4.78, 5) is 12.2. The molecule has 0 aromatic heterocycles. The Morgan fingerprint density at radius 2 is 2.07 bits per heavy atom. The summed E-state index contributed by atoms with van der Waals surface area (Å²) in [5, 5.41) is 2.87. The topological polar surface area (TPSA) is 29.1 Å². The van der Waals surface area contributed by atoms with E-state index in [2.05, 4.69) is 17.4 Å². The predicted molar refractivity (Wildman–Crippen MR) is 65.1 cm³/mol. The Labute approximate surface area is 95.5 Å². The van der Waals surface area contributed by atoms with E-state index in [4.69, 9.17) is 0 Å². The van der Waals surface area contributed by atoms with Crippen LogP contribution in [0.5, 0.6) is 0 Å². The molecule has 82 valence electrons. The van der Waals surface area contributed by atoms with E-state index in [1.165, 1.54) is 4.90 Å². The Morgan fingerprint density at radius 3 is 2.73 bits per heavy atom. The fourth-order valence-corrected chi connectivity index (χ4v) is 2.01. The van der Waals surface area contributed by atoms with E-state index in [0.29, 0.717) is 6.42 Å². The number of hydrogen-bond acceptors (Lipinski definition) is 2. The van der Waals surface area contributed by atoms with Gasteiger partial charge in [0.1, 0.15) is 0 Å². The first-order valence-electron chi connectivity index (χ1n) is 5.27. The largest absolute Gasteiger partial charge is 0.356 e. The first kappa shape index (κ1) is 12.1. The molecule has 0 bridgehead atoms. The van der Waals surface area contributed by atoms with E-state index in [0.717, 1.165) is 18.7 Å². The molecule has 0 unspecified atom stereocenters. The second-order valence-corrected chi connectivity index (χ2v) is 4.39. The van der Waals surface area contributed by atoms with E-state index >= 15 is 0 Å². The van der Waals surface area contributed by atoms with Crippen LogP contribution in [0.2, 0.25) is 0 Å². The van der Waals surface area contributed by atoms with Gasteiger partial charge in [-0.15, -0.1) is 11.8 Å². The lowest BCUT2D eigenvalue weighted by Crippen LogP contribution is -2.23. The Morgan fingerprint density at radius 1 is 1.33 bits per heavy atom. The molecule has 2 nitrogen and oxygen atoms in total. The summed E-state index contributed by atoms with van der Waals surface area (Å²) < 4.78 is 0. The van der Waals surface area contributed by atoms with Gasteiger partial charge >= 0.3 is 0 Å². The molecule has 1 rings (SSSR count). The third-order valence-electron chi connectivity index (χ3n) is 1.98. The van der Waals surface area contributed by atoms with Crippen LogP contribution < -0.4 is 5.32 Å². The second kappa shape index (κ2) is 7.35. The van der Waals surface area contributed by atoms with Crippen LogP contribution in [0.3, 0.4) is 0 Å². The predicted octanol–water partition coefficient (Wildman–Crippen LogP) is 2.70. The monoisotopic (exact) mass is 223 g/mol. The molecule has 15 heavy (non-hydrogen) atoms. The van der Waals surface area contributed by atoms with Crippen LogP contribution in [0.1, 0.15) is 19.8 Å². The maximum atomic E-state index is 10.9. The van der Waals surface area contributed by atoms with Crippen molar-refractivity contribution in [1.29, 1.82) is 0 Å². The molecule has 0 atom stereocenters. The number of nitrogens with one attached hydrogen (secondary N) is 1. The van der Waals surface area contributed by atoms with Crippen molar-refractivity contribution in [2.75, 3.05) is 12.3 Å². The van der Waals surface area contributed by atoms with Gasteiger partial charge in [0.15, 0.2) is 0 Å². The number of carbonyl (C=O) groups excluding carboxylic acids is 1. The SMILES string of the molecule is CCC(=O)NCCCSc1ccccc1. The molecule has 1 amide bonds. The maximum Gasteiger partial charge on any atom is 0.219 e. The van der Waals surface area contributed by atoms with Gasteiger partial charge in [0.05, 0.1) is 0 Å². The molecule has 1 N–H and O–H groups in total. The standard InChI is InChI=1S/C12H17NOS/c1-2-12(14)13-9-6-10-15-11-7-4-3-5-8-11/h3-5,7-8H,2,6,9-10H2,1H3,(H,13,14). The number of carbonyl (C=O) groups is 1. The smallest absolute Gasteiger partial charge is 0.219 e. The summed E-state index contributed by atoms with van der Waals surface area (Å²) in [6, 6.07) is 10.3. The minimum absolute atomic E-state index is 0.139. The van der Waals surface area contributed by atoms with Crippen molar-refractivity contribution in [3.8, 4) is 0 Å². The van der Waals surface area contributed by atoms with Crippen molar-refractivity contribution in [2.24, 2.45) is 0 Å². The minimum atomic E-state index is 0.139. The molecule has 0 heterocycles. The minimum Gasteiger partial charge on any atom is -0.356 e. The van der Waals surface area contributed by atoms with Crippen LogP contribution in [0, 0.1) is 0 Å². The van der Waals surface area contributed by atoms with Crippen LogP contribution in [-0.2, 0) is 4.79 Å². The van der Waals surface area contributed by atoms with Crippen molar-refractivity contribution in [1.82, 2.24) is 5.32 Å². The Hall–Kier alpha value is -0.960. The summed E-state index contributed by atoms with van der Waals surface area (Å²) in [6.07, 6.45) is 1.59. The van der Waals surface area contributed by atoms with Gasteiger partial charge < -0.3 is 5.32 Å². The molecule has 0 fully saturated rings. The lowest BCUT2D eigenvalue weighted by Gasteiger charge is -2.03. The number of rotatable bonds is 6. The van der Waals surface area contributed by atoms with Crippen LogP contribution in [0.4, 0.5) is 0 Å². The zero-order valence-electron chi connectivity index (χ0n) is 9.03. The maximum absolute atomic E-state index is 10.9. The van der Waals surface area contributed by atoms with Crippen molar-refractivity contribution >= 4 is 17.7 Å². The summed E-state index contributed by atoms with van der Waals surface area (Å²) >= 11 is 1.83. The van der Waals surface area contributed by atoms with E-state index < -0.39 is 0 Å². The van der Waals surface area contributed by atoms with E-state index in [1.807, 2.05) is 36.9 Å². The summed E-state index contributed by atoms with van der Waals surface area (Å²) in [5.41, 5.74) is 0. The fraction of sp³-hybridized carbons (Fsp3) is 0.417. The van der Waals surface area contributed by atoms with Crippen molar-refractivity contribution in [3.63, 3.8) is 0 Å². The first-order valence-corrected chi connectivity index (χ1v) is 6.26. The van der Waals surface area contributed by atoms with Crippen LogP contribution in [0.15, 0.2) is 35.2 Å². The van der Waals surface area contributed by atoms with Crippen LogP contribution >= 0.6 is 11.8 Å². The van der Waals surface area contributed by atoms with Crippen molar-refractivity contribution in [2.45, 2.75) is 24.7 Å². The zero-order valence-corrected chi connectivity index (χ0v) is 9.85. The fourth-order valence-electron chi connectivity index (χ4n) is 1.13. The first-order chi connectivity index (χ1) is 7.33. The lowest BCUT2D eigenvalue weighted by molar-refractivity contribution is -0.120. The molecule has 0 spiro atoms. The third kappa shape index (κ3) is 5.47. The molecule has 0 aliphatic rings. The highest BCUT2D eigenvalue weighted by Crippen LogP contribution is 2.17. The number of thioether (sulfide) groups is 1. The van der Waals surface area contributed by atoms with Gasteiger partial charge in [-0.1, -0.05) is 25.1 Å². The van der Waals surface area contributed by atoms with E-state index in [9.17, 15) is 4.79 Å². The van der Waals surface area contributed by atoms with Crippen molar-refractivity contribution < 1.29 is 4.79 Å². The Kier molecular flexibility index (Phi) is 5.93. The summed E-state index contributed by atoms with van der Waals surface area (Å²) in [7, 11) is 0. The molecule has 0 aliphatic heterocycles. The van der Waals surface area contributed by atoms with Gasteiger partial charge in [-0.3, -0.25) is 4.79 Å². The molecular formula is C12H17NOS. The van der Waals surface area contributed by atoms with Crippen LogP contribution in [-0.4, -0.2) is 18.2 Å². The molecule has 0 saturated carbocycles. The number of benzene rings is 1. The van der Waals surface area contributed by atoms with Gasteiger partial charge in [-0.25, -0.2) is 0 Å². The van der Waals surface area contributed by atoms with E-state index in [-0.39, 0.29) is 5.91 Å². The Bertz CT molecular complexity index is 287. The summed E-state index contributed by atoms with van der Waals surface area (Å²) in [5.74, 6) is 1.19. The molecule has 0 saturated heterocycles.